The summed E-state index contributed by atoms with van der Waals surface area (Å²) in [6.45, 7) is 2.24. The standard InChI is InChI=1S/C36H36N2/c1-2-33-25-32(11-16-34(33)24-31-14-19-36(38)20-15-31)23-29-9-7-27(8-10-29)21-26-3-5-28(6-4-26)22-30-12-17-35(37)18-13-30/h3-20,25H,2,21-24,37-38H2,1H3. The summed E-state index contributed by atoms with van der Waals surface area (Å²) in [5.41, 5.74) is 25.4. The average Bonchev–Trinajstić information content (AvgIpc) is 2.94. The fourth-order valence-electron chi connectivity index (χ4n) is 5.04. The number of hydrogen-bond donors (Lipinski definition) is 2. The van der Waals surface area contributed by atoms with Crippen molar-refractivity contribution in [3.63, 3.8) is 0 Å². The maximum atomic E-state index is 5.85. The van der Waals surface area contributed by atoms with Gasteiger partial charge in [0.25, 0.3) is 0 Å². The summed E-state index contributed by atoms with van der Waals surface area (Å²) in [6, 6.07) is 41.4. The molecule has 0 radical (unpaired) electrons. The van der Waals surface area contributed by atoms with Gasteiger partial charge in [-0.3, -0.25) is 0 Å². The van der Waals surface area contributed by atoms with E-state index in [2.05, 4.69) is 97.9 Å². The zero-order valence-electron chi connectivity index (χ0n) is 22.2. The highest BCUT2D eigenvalue weighted by Gasteiger charge is 2.06. The molecule has 0 fully saturated rings. The molecule has 0 amide bonds. The third kappa shape index (κ3) is 6.72. The first-order valence-corrected chi connectivity index (χ1v) is 13.5. The number of nitrogen functional groups attached to an aromatic ring is 2. The second-order valence-electron chi connectivity index (χ2n) is 10.3. The van der Waals surface area contributed by atoms with Gasteiger partial charge < -0.3 is 11.5 Å². The third-order valence-corrected chi connectivity index (χ3v) is 7.28. The molecule has 4 N–H and O–H groups in total. The number of hydrogen-bond acceptors (Lipinski definition) is 2. The lowest BCUT2D eigenvalue weighted by atomic mass is 9.93. The summed E-state index contributed by atoms with van der Waals surface area (Å²) < 4.78 is 0. The highest BCUT2D eigenvalue weighted by Crippen LogP contribution is 2.21. The largest absolute Gasteiger partial charge is 0.399 e. The molecule has 5 rings (SSSR count). The van der Waals surface area contributed by atoms with E-state index >= 15 is 0 Å². The predicted octanol–water partition coefficient (Wildman–Crippen LogP) is 7.78. The Bertz CT molecular complexity index is 1460. The number of benzene rings is 5. The fourth-order valence-corrected chi connectivity index (χ4v) is 5.04. The highest BCUT2D eigenvalue weighted by atomic mass is 14.5. The molecule has 2 heteroatoms. The molecule has 0 aliphatic carbocycles. The van der Waals surface area contributed by atoms with Crippen molar-refractivity contribution >= 4 is 11.4 Å². The van der Waals surface area contributed by atoms with Gasteiger partial charge in [0.15, 0.2) is 0 Å². The van der Waals surface area contributed by atoms with E-state index < -0.39 is 0 Å². The Hall–Kier alpha value is -4.30. The molecule has 0 heterocycles. The van der Waals surface area contributed by atoms with Gasteiger partial charge in [0.2, 0.25) is 0 Å². The molecule has 0 aliphatic rings. The van der Waals surface area contributed by atoms with E-state index in [-0.39, 0.29) is 0 Å². The van der Waals surface area contributed by atoms with Gasteiger partial charge in [-0.2, -0.15) is 0 Å². The van der Waals surface area contributed by atoms with Gasteiger partial charge in [0.05, 0.1) is 0 Å². The third-order valence-electron chi connectivity index (χ3n) is 7.28. The van der Waals surface area contributed by atoms with Crippen molar-refractivity contribution in [1.29, 1.82) is 0 Å². The molecule has 0 atom stereocenters. The molecule has 0 saturated heterocycles. The molecule has 0 saturated carbocycles. The van der Waals surface area contributed by atoms with Gasteiger partial charge in [-0.05, 0) is 106 Å². The average molecular weight is 497 g/mol. The summed E-state index contributed by atoms with van der Waals surface area (Å²) in [5, 5.41) is 0. The quantitative estimate of drug-likeness (QED) is 0.205. The lowest BCUT2D eigenvalue weighted by molar-refractivity contribution is 1.04. The van der Waals surface area contributed by atoms with Crippen LogP contribution in [0.25, 0.3) is 0 Å². The normalized spacial score (nSPS) is 11.0. The Kier molecular flexibility index (Phi) is 7.89. The molecule has 5 aromatic carbocycles. The van der Waals surface area contributed by atoms with E-state index in [4.69, 9.17) is 11.5 Å². The SMILES string of the molecule is CCc1cc(Cc2ccc(Cc3ccc(Cc4ccc(N)cc4)cc3)cc2)ccc1Cc1ccc(N)cc1. The lowest BCUT2D eigenvalue weighted by Crippen LogP contribution is -1.98. The lowest BCUT2D eigenvalue weighted by Gasteiger charge is -2.12. The van der Waals surface area contributed by atoms with Crippen molar-refractivity contribution in [2.75, 3.05) is 11.5 Å². The van der Waals surface area contributed by atoms with Crippen LogP contribution in [-0.4, -0.2) is 0 Å². The minimum atomic E-state index is 0.809. The summed E-state index contributed by atoms with van der Waals surface area (Å²) in [6.07, 6.45) is 4.81. The van der Waals surface area contributed by atoms with Crippen LogP contribution in [0.4, 0.5) is 11.4 Å². The highest BCUT2D eigenvalue weighted by molar-refractivity contribution is 5.43. The molecular formula is C36H36N2. The Morgan fingerprint density at radius 1 is 0.368 bits per heavy atom. The Balaban J connectivity index is 1.19. The van der Waals surface area contributed by atoms with Gasteiger partial charge in [-0.15, -0.1) is 0 Å². The minimum absolute atomic E-state index is 0.809. The number of aryl methyl sites for hydroxylation is 1. The van der Waals surface area contributed by atoms with Crippen LogP contribution in [0.15, 0.2) is 115 Å². The topological polar surface area (TPSA) is 52.0 Å². The van der Waals surface area contributed by atoms with Crippen LogP contribution in [-0.2, 0) is 32.1 Å². The van der Waals surface area contributed by atoms with Gasteiger partial charge in [-0.25, -0.2) is 0 Å². The molecule has 0 aliphatic heterocycles. The second-order valence-corrected chi connectivity index (χ2v) is 10.3. The first kappa shape index (κ1) is 25.4. The van der Waals surface area contributed by atoms with Crippen molar-refractivity contribution in [2.24, 2.45) is 0 Å². The predicted molar refractivity (Wildman–Crippen MR) is 162 cm³/mol. The van der Waals surface area contributed by atoms with Gasteiger partial charge in [0.1, 0.15) is 0 Å². The molecule has 38 heavy (non-hydrogen) atoms. The van der Waals surface area contributed by atoms with E-state index in [1.165, 1.54) is 50.1 Å². The molecule has 0 spiro atoms. The Labute approximate surface area is 227 Å². The maximum absolute atomic E-state index is 5.85. The van der Waals surface area contributed by atoms with Crippen LogP contribution in [0.2, 0.25) is 0 Å². The van der Waals surface area contributed by atoms with Crippen LogP contribution in [0, 0.1) is 0 Å². The Morgan fingerprint density at radius 2 is 0.684 bits per heavy atom. The first-order valence-electron chi connectivity index (χ1n) is 13.5. The molecule has 5 aromatic rings. The van der Waals surface area contributed by atoms with Gasteiger partial charge in [-0.1, -0.05) is 97.9 Å². The molecule has 0 bridgehead atoms. The smallest absolute Gasteiger partial charge is 0.0314 e. The van der Waals surface area contributed by atoms with E-state index in [0.29, 0.717) is 0 Å². The molecular weight excluding hydrogens is 460 g/mol. The second kappa shape index (κ2) is 11.8. The zero-order chi connectivity index (χ0) is 26.3. The van der Waals surface area contributed by atoms with E-state index in [0.717, 1.165) is 43.5 Å². The summed E-state index contributed by atoms with van der Waals surface area (Å²) >= 11 is 0. The van der Waals surface area contributed by atoms with Crippen LogP contribution >= 0.6 is 0 Å². The molecule has 190 valence electrons. The van der Waals surface area contributed by atoms with E-state index in [1.54, 1.807) is 0 Å². The van der Waals surface area contributed by atoms with Crippen molar-refractivity contribution < 1.29 is 0 Å². The summed E-state index contributed by atoms with van der Waals surface area (Å²) in [5.74, 6) is 0. The Morgan fingerprint density at radius 3 is 1.08 bits per heavy atom. The zero-order valence-corrected chi connectivity index (χ0v) is 22.2. The maximum Gasteiger partial charge on any atom is 0.0314 e. The van der Waals surface area contributed by atoms with Crippen LogP contribution in [0.3, 0.4) is 0 Å². The molecule has 0 unspecified atom stereocenters. The van der Waals surface area contributed by atoms with Crippen molar-refractivity contribution in [3.05, 3.63) is 165 Å². The monoisotopic (exact) mass is 496 g/mol. The van der Waals surface area contributed by atoms with E-state index in [1.807, 2.05) is 24.3 Å². The van der Waals surface area contributed by atoms with Gasteiger partial charge >= 0.3 is 0 Å². The van der Waals surface area contributed by atoms with Crippen LogP contribution < -0.4 is 11.5 Å². The van der Waals surface area contributed by atoms with E-state index in [9.17, 15) is 0 Å². The summed E-state index contributed by atoms with van der Waals surface area (Å²) in [7, 11) is 0. The molecule has 0 aromatic heterocycles. The number of nitrogens with two attached hydrogens (primary N) is 2. The van der Waals surface area contributed by atoms with Crippen molar-refractivity contribution in [1.82, 2.24) is 0 Å². The van der Waals surface area contributed by atoms with Crippen molar-refractivity contribution in [3.8, 4) is 0 Å². The van der Waals surface area contributed by atoms with Crippen LogP contribution in [0.5, 0.6) is 0 Å². The summed E-state index contributed by atoms with van der Waals surface area (Å²) in [4.78, 5) is 0. The number of anilines is 2. The van der Waals surface area contributed by atoms with Crippen molar-refractivity contribution in [2.45, 2.75) is 39.0 Å². The van der Waals surface area contributed by atoms with Crippen LogP contribution in [0.1, 0.15) is 57.0 Å². The fraction of sp³-hybridized carbons (Fsp3) is 0.167. The number of rotatable bonds is 9. The van der Waals surface area contributed by atoms with Gasteiger partial charge in [0, 0.05) is 11.4 Å². The molecule has 2 nitrogen and oxygen atoms in total. The minimum Gasteiger partial charge on any atom is -0.399 e. The first-order chi connectivity index (χ1) is 18.5.